The molecule has 2 atom stereocenters. The third-order valence-corrected chi connectivity index (χ3v) is 8.03. The molecular weight excluding hydrogens is 532 g/mol. The summed E-state index contributed by atoms with van der Waals surface area (Å²) in [6.07, 6.45) is 2.98. The van der Waals surface area contributed by atoms with Crippen LogP contribution < -0.4 is 15.0 Å². The van der Waals surface area contributed by atoms with Crippen molar-refractivity contribution in [3.05, 3.63) is 46.6 Å². The molecule has 1 N–H and O–H groups in total. The van der Waals surface area contributed by atoms with Crippen molar-refractivity contribution >= 4 is 29.4 Å². The van der Waals surface area contributed by atoms with Crippen LogP contribution in [0.25, 0.3) is 0 Å². The molecule has 2 aromatic rings. The summed E-state index contributed by atoms with van der Waals surface area (Å²) in [6.45, 7) is 8.59. The Kier molecular flexibility index (Phi) is 8.04. The Hall–Kier alpha value is -3.58. The Balaban J connectivity index is 1.06. The first kappa shape index (κ1) is 28.0. The Bertz CT molecular complexity index is 1270. The summed E-state index contributed by atoms with van der Waals surface area (Å²) in [5.41, 5.74) is 0.219. The smallest absolute Gasteiger partial charge is 0.410 e. The fourth-order valence-corrected chi connectivity index (χ4v) is 5.92. The number of amides is 2. The van der Waals surface area contributed by atoms with E-state index in [-0.39, 0.29) is 24.1 Å². The summed E-state index contributed by atoms with van der Waals surface area (Å²) in [4.78, 5) is 29.2. The molecule has 2 amide bonds. The molecule has 3 heterocycles. The summed E-state index contributed by atoms with van der Waals surface area (Å²) in [7, 11) is 0. The summed E-state index contributed by atoms with van der Waals surface area (Å²) in [5, 5.41) is 21.0. The Labute approximate surface area is 239 Å². The van der Waals surface area contributed by atoms with Gasteiger partial charge < -0.3 is 24.6 Å². The SMILES string of the molecule is CC(C)(C)OC(=O)N1CC2CN(c3ccc(C(=O)NC4CCC(Oc5ccc(C#N)c(Cl)c5)CC4)nn3)CC2C1. The summed E-state index contributed by atoms with van der Waals surface area (Å²) < 4.78 is 11.6. The van der Waals surface area contributed by atoms with E-state index >= 15 is 0 Å². The van der Waals surface area contributed by atoms with E-state index < -0.39 is 5.60 Å². The first-order valence-electron chi connectivity index (χ1n) is 13.8. The normalized spacial score (nSPS) is 24.3. The molecule has 0 spiro atoms. The molecule has 0 radical (unpaired) electrons. The maximum absolute atomic E-state index is 12.8. The van der Waals surface area contributed by atoms with Crippen molar-refractivity contribution in [2.75, 3.05) is 31.1 Å². The van der Waals surface area contributed by atoms with Crippen LogP contribution in [-0.4, -0.2) is 71.0 Å². The molecule has 1 aliphatic carbocycles. The van der Waals surface area contributed by atoms with Crippen molar-refractivity contribution in [2.45, 2.75) is 64.2 Å². The number of likely N-dealkylation sites (tertiary alicyclic amines) is 1. The van der Waals surface area contributed by atoms with Gasteiger partial charge in [-0.1, -0.05) is 11.6 Å². The summed E-state index contributed by atoms with van der Waals surface area (Å²) in [6, 6.07) is 10.7. The number of carbonyl (C=O) groups is 2. The first-order valence-corrected chi connectivity index (χ1v) is 14.2. The second-order valence-corrected chi connectivity index (χ2v) is 12.3. The number of aromatic nitrogens is 2. The molecule has 40 heavy (non-hydrogen) atoms. The van der Waals surface area contributed by atoms with Crippen molar-refractivity contribution in [3.8, 4) is 11.8 Å². The maximum Gasteiger partial charge on any atom is 0.410 e. The molecular formula is C29H35ClN6O4. The monoisotopic (exact) mass is 566 g/mol. The molecule has 2 aliphatic heterocycles. The number of nitrogens with one attached hydrogen (secondary N) is 1. The summed E-state index contributed by atoms with van der Waals surface area (Å²) in [5.74, 6) is 1.90. The Morgan fingerprint density at radius 1 is 1.02 bits per heavy atom. The minimum atomic E-state index is -0.499. The van der Waals surface area contributed by atoms with E-state index in [0.717, 1.165) is 44.6 Å². The maximum atomic E-state index is 12.8. The largest absolute Gasteiger partial charge is 0.490 e. The number of nitrogens with zero attached hydrogens (tertiary/aromatic N) is 5. The van der Waals surface area contributed by atoms with Crippen molar-refractivity contribution in [1.82, 2.24) is 20.4 Å². The number of halogens is 1. The zero-order valence-corrected chi connectivity index (χ0v) is 23.9. The standard InChI is InChI=1S/C29H35ClN6O4/c1-29(2,3)40-28(38)36-16-19-14-35(15-20(19)17-36)26-11-10-25(33-34-26)27(37)32-21-5-8-22(9-6-21)39-23-7-4-18(13-31)24(30)12-23/h4,7,10-12,19-22H,5-6,8-9,14-17H2,1-3H3,(H,32,37). The number of ether oxygens (including phenoxy) is 2. The number of hydrogen-bond acceptors (Lipinski definition) is 8. The lowest BCUT2D eigenvalue weighted by atomic mass is 9.93. The van der Waals surface area contributed by atoms with E-state index in [0.29, 0.717) is 47.0 Å². The molecule has 3 fully saturated rings. The Morgan fingerprint density at radius 2 is 1.73 bits per heavy atom. The van der Waals surface area contributed by atoms with E-state index in [1.165, 1.54) is 0 Å². The van der Waals surface area contributed by atoms with Gasteiger partial charge in [-0.2, -0.15) is 5.26 Å². The van der Waals surface area contributed by atoms with Crippen LogP contribution in [-0.2, 0) is 4.74 Å². The molecule has 0 bridgehead atoms. The highest BCUT2D eigenvalue weighted by atomic mass is 35.5. The predicted molar refractivity (Wildman–Crippen MR) is 149 cm³/mol. The number of carbonyl (C=O) groups excluding carboxylic acids is 2. The van der Waals surface area contributed by atoms with Crippen molar-refractivity contribution in [2.24, 2.45) is 11.8 Å². The van der Waals surface area contributed by atoms with Crippen molar-refractivity contribution in [1.29, 1.82) is 5.26 Å². The van der Waals surface area contributed by atoms with Crippen LogP contribution in [0.1, 0.15) is 62.5 Å². The van der Waals surface area contributed by atoms with Gasteiger partial charge in [-0.3, -0.25) is 4.79 Å². The topological polar surface area (TPSA) is 121 Å². The number of benzene rings is 1. The molecule has 1 aromatic heterocycles. The van der Waals surface area contributed by atoms with Crippen LogP contribution in [0.3, 0.4) is 0 Å². The predicted octanol–water partition coefficient (Wildman–Crippen LogP) is 4.42. The fraction of sp³-hybridized carbons (Fsp3) is 0.552. The third-order valence-electron chi connectivity index (χ3n) is 7.72. The number of hydrogen-bond donors (Lipinski definition) is 1. The van der Waals surface area contributed by atoms with Gasteiger partial charge in [-0.25, -0.2) is 4.79 Å². The van der Waals surface area contributed by atoms with Gasteiger partial charge in [0.1, 0.15) is 17.4 Å². The lowest BCUT2D eigenvalue weighted by molar-refractivity contribution is 0.0282. The molecule has 1 aromatic carbocycles. The number of anilines is 1. The van der Waals surface area contributed by atoms with Gasteiger partial charge in [0.25, 0.3) is 5.91 Å². The lowest BCUT2D eigenvalue weighted by Crippen LogP contribution is -2.40. The number of rotatable bonds is 5. The van der Waals surface area contributed by atoms with E-state index in [9.17, 15) is 9.59 Å². The molecule has 5 rings (SSSR count). The fourth-order valence-electron chi connectivity index (χ4n) is 5.71. The minimum absolute atomic E-state index is 0.0346. The molecule has 10 nitrogen and oxygen atoms in total. The summed E-state index contributed by atoms with van der Waals surface area (Å²) >= 11 is 6.11. The van der Waals surface area contributed by atoms with Crippen molar-refractivity contribution in [3.63, 3.8) is 0 Å². The van der Waals surface area contributed by atoms with Gasteiger partial charge in [-0.05, 0) is 70.7 Å². The van der Waals surface area contributed by atoms with Crippen LogP contribution in [0.4, 0.5) is 10.6 Å². The van der Waals surface area contributed by atoms with Crippen LogP contribution in [0.15, 0.2) is 30.3 Å². The zero-order valence-electron chi connectivity index (χ0n) is 23.1. The average Bonchev–Trinajstić information content (AvgIpc) is 3.49. The van der Waals surface area contributed by atoms with Gasteiger partial charge in [0.05, 0.1) is 16.7 Å². The van der Waals surface area contributed by atoms with Crippen LogP contribution in [0, 0.1) is 23.2 Å². The highest BCUT2D eigenvalue weighted by Crippen LogP contribution is 2.34. The van der Waals surface area contributed by atoms with Gasteiger partial charge in [0, 0.05) is 50.1 Å². The zero-order chi connectivity index (χ0) is 28.4. The van der Waals surface area contributed by atoms with E-state index in [1.54, 1.807) is 29.2 Å². The minimum Gasteiger partial charge on any atom is -0.490 e. The van der Waals surface area contributed by atoms with Crippen LogP contribution in [0.2, 0.25) is 5.02 Å². The molecule has 2 unspecified atom stereocenters. The second-order valence-electron chi connectivity index (χ2n) is 11.9. The highest BCUT2D eigenvalue weighted by molar-refractivity contribution is 6.31. The molecule has 212 valence electrons. The number of nitriles is 1. The van der Waals surface area contributed by atoms with E-state index in [4.69, 9.17) is 26.3 Å². The first-order chi connectivity index (χ1) is 19.1. The van der Waals surface area contributed by atoms with Gasteiger partial charge in [-0.15, -0.1) is 10.2 Å². The Morgan fingerprint density at radius 3 is 2.30 bits per heavy atom. The average molecular weight is 567 g/mol. The van der Waals surface area contributed by atoms with Gasteiger partial charge in [0.15, 0.2) is 11.5 Å². The molecule has 1 saturated carbocycles. The van der Waals surface area contributed by atoms with E-state index in [1.807, 2.05) is 32.9 Å². The van der Waals surface area contributed by atoms with Crippen molar-refractivity contribution < 1.29 is 19.1 Å². The molecule has 11 heteroatoms. The third kappa shape index (κ3) is 6.58. The van der Waals surface area contributed by atoms with Crippen LogP contribution in [0.5, 0.6) is 5.75 Å². The lowest BCUT2D eigenvalue weighted by Gasteiger charge is -2.29. The van der Waals surface area contributed by atoms with Gasteiger partial charge >= 0.3 is 6.09 Å². The molecule has 3 aliphatic rings. The molecule has 2 saturated heterocycles. The number of fused-ring (bicyclic) bond motifs is 1. The van der Waals surface area contributed by atoms with Crippen LogP contribution >= 0.6 is 11.6 Å². The van der Waals surface area contributed by atoms with E-state index in [2.05, 4.69) is 20.4 Å². The quantitative estimate of drug-likeness (QED) is 0.564. The highest BCUT2D eigenvalue weighted by Gasteiger charge is 2.43. The second kappa shape index (κ2) is 11.5. The van der Waals surface area contributed by atoms with Gasteiger partial charge in [0.2, 0.25) is 0 Å².